The van der Waals surface area contributed by atoms with Crippen LogP contribution in [-0.4, -0.2) is 18.7 Å². The van der Waals surface area contributed by atoms with Crippen LogP contribution in [0.25, 0.3) is 0 Å². The third-order valence-corrected chi connectivity index (χ3v) is 3.92. The van der Waals surface area contributed by atoms with Crippen LogP contribution in [0.15, 0.2) is 42.5 Å². The molecule has 8 heteroatoms. The molecule has 0 unspecified atom stereocenters. The number of benzene rings is 2. The number of hydrogen-bond donors (Lipinski definition) is 2. The van der Waals surface area contributed by atoms with E-state index in [0.717, 1.165) is 17.7 Å². The van der Waals surface area contributed by atoms with E-state index < -0.39 is 17.8 Å². The Bertz CT molecular complexity index is 791. The summed E-state index contributed by atoms with van der Waals surface area (Å²) in [5.74, 6) is 0.999. The highest BCUT2D eigenvalue weighted by Crippen LogP contribution is 2.32. The maximum atomic E-state index is 12.5. The summed E-state index contributed by atoms with van der Waals surface area (Å²) in [6.07, 6.45) is -4.40. The first-order chi connectivity index (χ1) is 12.3. The quantitative estimate of drug-likeness (QED) is 0.850. The summed E-state index contributed by atoms with van der Waals surface area (Å²) >= 11 is 0. The lowest BCUT2D eigenvalue weighted by Gasteiger charge is -2.15. The van der Waals surface area contributed by atoms with Gasteiger partial charge in [-0.1, -0.05) is 6.07 Å². The molecule has 0 radical (unpaired) electrons. The van der Waals surface area contributed by atoms with Gasteiger partial charge in [0.25, 0.3) is 0 Å². The minimum Gasteiger partial charge on any atom is -0.454 e. The van der Waals surface area contributed by atoms with E-state index in [1.165, 1.54) is 12.1 Å². The molecule has 2 aromatic carbocycles. The van der Waals surface area contributed by atoms with Gasteiger partial charge in [0.15, 0.2) is 11.5 Å². The van der Waals surface area contributed by atoms with Crippen LogP contribution in [0, 0.1) is 0 Å². The Hall–Kier alpha value is -2.74. The lowest BCUT2D eigenvalue weighted by atomic mass is 10.1. The van der Waals surface area contributed by atoms with Gasteiger partial charge in [0.05, 0.1) is 11.6 Å². The maximum Gasteiger partial charge on any atom is 0.416 e. The van der Waals surface area contributed by atoms with Gasteiger partial charge in [0.1, 0.15) is 0 Å². The van der Waals surface area contributed by atoms with Crippen molar-refractivity contribution < 1.29 is 27.4 Å². The Balaban J connectivity index is 1.53. The second kappa shape index (κ2) is 7.25. The highest BCUT2D eigenvalue weighted by Gasteiger charge is 2.30. The van der Waals surface area contributed by atoms with Gasteiger partial charge in [-0.05, 0) is 48.9 Å². The summed E-state index contributed by atoms with van der Waals surface area (Å²) in [6.45, 7) is 2.29. The van der Waals surface area contributed by atoms with Crippen LogP contribution in [0.2, 0.25) is 0 Å². The van der Waals surface area contributed by atoms with Crippen LogP contribution >= 0.6 is 0 Å². The van der Waals surface area contributed by atoms with Crippen molar-refractivity contribution in [2.45, 2.75) is 25.7 Å². The third kappa shape index (κ3) is 4.26. The van der Waals surface area contributed by atoms with E-state index in [9.17, 15) is 18.0 Å². The van der Waals surface area contributed by atoms with Crippen LogP contribution in [0.3, 0.4) is 0 Å². The average Bonchev–Trinajstić information content (AvgIpc) is 3.07. The molecule has 0 fully saturated rings. The standard InChI is InChI=1S/C18H17F3N2O3/c1-11(22-9-12-2-7-15-16(8-12)26-10-25-15)17(24)23-14-5-3-13(4-6-14)18(19,20)21/h2-8,11,22H,9-10H2,1H3,(H,23,24)/t11-/m1/s1. The van der Waals surface area contributed by atoms with Crippen molar-refractivity contribution in [1.82, 2.24) is 5.32 Å². The van der Waals surface area contributed by atoms with Crippen LogP contribution in [0.5, 0.6) is 11.5 Å². The Morgan fingerprint density at radius 1 is 1.12 bits per heavy atom. The SMILES string of the molecule is C[C@@H](NCc1ccc2c(c1)OCO2)C(=O)Nc1ccc(C(F)(F)F)cc1. The first kappa shape index (κ1) is 18.1. The van der Waals surface area contributed by atoms with E-state index in [-0.39, 0.29) is 12.7 Å². The molecule has 0 aliphatic carbocycles. The molecule has 1 heterocycles. The zero-order valence-electron chi connectivity index (χ0n) is 13.9. The van der Waals surface area contributed by atoms with Crippen LogP contribution in [0.4, 0.5) is 18.9 Å². The molecule has 138 valence electrons. The number of anilines is 1. The number of carbonyl (C=O) groups is 1. The number of alkyl halides is 3. The van der Waals surface area contributed by atoms with Gasteiger partial charge in [-0.2, -0.15) is 13.2 Å². The van der Waals surface area contributed by atoms with Gasteiger partial charge in [-0.3, -0.25) is 4.79 Å². The highest BCUT2D eigenvalue weighted by atomic mass is 19.4. The molecule has 1 amide bonds. The highest BCUT2D eigenvalue weighted by molar-refractivity contribution is 5.94. The number of rotatable bonds is 5. The predicted octanol–water partition coefficient (Wildman–Crippen LogP) is 3.55. The van der Waals surface area contributed by atoms with Crippen LogP contribution < -0.4 is 20.1 Å². The van der Waals surface area contributed by atoms with E-state index in [1.54, 1.807) is 13.0 Å². The first-order valence-corrected chi connectivity index (χ1v) is 7.93. The molecule has 1 aliphatic heterocycles. The molecule has 1 aliphatic rings. The minimum atomic E-state index is -4.40. The van der Waals surface area contributed by atoms with Gasteiger partial charge < -0.3 is 20.1 Å². The zero-order valence-corrected chi connectivity index (χ0v) is 13.9. The summed E-state index contributed by atoms with van der Waals surface area (Å²) in [5, 5.41) is 5.64. The molecular weight excluding hydrogens is 349 g/mol. The fourth-order valence-corrected chi connectivity index (χ4v) is 2.41. The van der Waals surface area contributed by atoms with Crippen molar-refractivity contribution >= 4 is 11.6 Å². The first-order valence-electron chi connectivity index (χ1n) is 7.93. The van der Waals surface area contributed by atoms with E-state index in [0.29, 0.717) is 23.7 Å². The normalized spacial score (nSPS) is 14.2. The molecule has 26 heavy (non-hydrogen) atoms. The average molecular weight is 366 g/mol. The Kier molecular flexibility index (Phi) is 5.03. The smallest absolute Gasteiger partial charge is 0.416 e. The number of hydrogen-bond acceptors (Lipinski definition) is 4. The van der Waals surface area contributed by atoms with Crippen molar-refractivity contribution in [3.05, 3.63) is 53.6 Å². The third-order valence-electron chi connectivity index (χ3n) is 3.92. The second-order valence-electron chi connectivity index (χ2n) is 5.85. The molecule has 0 aromatic heterocycles. The molecule has 1 atom stereocenters. The fourth-order valence-electron chi connectivity index (χ4n) is 2.41. The van der Waals surface area contributed by atoms with Crippen LogP contribution in [0.1, 0.15) is 18.1 Å². The van der Waals surface area contributed by atoms with Crippen molar-refractivity contribution in [3.63, 3.8) is 0 Å². The monoisotopic (exact) mass is 366 g/mol. The molecule has 2 N–H and O–H groups in total. The summed E-state index contributed by atoms with van der Waals surface area (Å²) in [5.41, 5.74) is 0.465. The maximum absolute atomic E-state index is 12.5. The van der Waals surface area contributed by atoms with E-state index in [4.69, 9.17) is 9.47 Å². The Morgan fingerprint density at radius 3 is 2.50 bits per heavy atom. The number of halogens is 3. The van der Waals surface area contributed by atoms with Crippen molar-refractivity contribution in [2.24, 2.45) is 0 Å². The van der Waals surface area contributed by atoms with E-state index in [2.05, 4.69) is 10.6 Å². The molecule has 2 aromatic rings. The summed E-state index contributed by atoms with van der Waals surface area (Å²) in [7, 11) is 0. The predicted molar refractivity (Wildman–Crippen MR) is 88.9 cm³/mol. The molecule has 0 bridgehead atoms. The van der Waals surface area contributed by atoms with Crippen LogP contribution in [-0.2, 0) is 17.5 Å². The molecule has 0 saturated heterocycles. The lowest BCUT2D eigenvalue weighted by molar-refractivity contribution is -0.137. The molecular formula is C18H17F3N2O3. The van der Waals surface area contributed by atoms with E-state index in [1.807, 2.05) is 12.1 Å². The van der Waals surface area contributed by atoms with Gasteiger partial charge >= 0.3 is 6.18 Å². The number of ether oxygens (including phenoxy) is 2. The molecule has 5 nitrogen and oxygen atoms in total. The summed E-state index contributed by atoms with van der Waals surface area (Å²) < 4.78 is 48.2. The fraction of sp³-hybridized carbons (Fsp3) is 0.278. The summed E-state index contributed by atoms with van der Waals surface area (Å²) in [6, 6.07) is 9.27. The number of nitrogens with one attached hydrogen (secondary N) is 2. The largest absolute Gasteiger partial charge is 0.454 e. The van der Waals surface area contributed by atoms with Crippen molar-refractivity contribution in [3.8, 4) is 11.5 Å². The van der Waals surface area contributed by atoms with Gasteiger partial charge in [-0.25, -0.2) is 0 Å². The molecule has 0 spiro atoms. The summed E-state index contributed by atoms with van der Waals surface area (Å²) in [4.78, 5) is 12.2. The molecule has 3 rings (SSSR count). The second-order valence-corrected chi connectivity index (χ2v) is 5.85. The topological polar surface area (TPSA) is 59.6 Å². The van der Waals surface area contributed by atoms with Gasteiger partial charge in [0, 0.05) is 12.2 Å². The van der Waals surface area contributed by atoms with E-state index >= 15 is 0 Å². The van der Waals surface area contributed by atoms with Gasteiger partial charge in [0.2, 0.25) is 12.7 Å². The number of fused-ring (bicyclic) bond motifs is 1. The molecule has 0 saturated carbocycles. The van der Waals surface area contributed by atoms with Crippen molar-refractivity contribution in [2.75, 3.05) is 12.1 Å². The minimum absolute atomic E-state index is 0.193. The number of carbonyl (C=O) groups excluding carboxylic acids is 1. The van der Waals surface area contributed by atoms with Crippen molar-refractivity contribution in [1.29, 1.82) is 0 Å². The Morgan fingerprint density at radius 2 is 1.81 bits per heavy atom. The lowest BCUT2D eigenvalue weighted by Crippen LogP contribution is -2.37. The van der Waals surface area contributed by atoms with Gasteiger partial charge in [-0.15, -0.1) is 0 Å². The Labute approximate surface area is 148 Å². The number of amides is 1. The zero-order chi connectivity index (χ0) is 18.7.